The summed E-state index contributed by atoms with van der Waals surface area (Å²) in [5, 5.41) is 0. The van der Waals surface area contributed by atoms with Crippen LogP contribution < -0.4 is 0 Å². The highest BCUT2D eigenvalue weighted by molar-refractivity contribution is 6.12. The molecule has 0 unspecified atom stereocenters. The summed E-state index contributed by atoms with van der Waals surface area (Å²) in [7, 11) is 0. The Morgan fingerprint density at radius 2 is 1.12 bits per heavy atom. The quantitative estimate of drug-likeness (QED) is 0.240. The van der Waals surface area contributed by atoms with E-state index in [4.69, 9.17) is 19.6 Å². The molecule has 0 fully saturated rings. The van der Waals surface area contributed by atoms with Crippen molar-refractivity contribution in [3.05, 3.63) is 69.8 Å². The Morgan fingerprint density at radius 1 is 0.647 bits per heavy atom. The predicted octanol–water partition coefficient (Wildman–Crippen LogP) is 4.32. The average molecular weight is 470 g/mol. The molecule has 0 saturated carbocycles. The standard InChI is InChI=1S/C25H26O9/c1-24(2,3)33-31-22(29)19-10-9-16(12-20(19)23(30)32-34-25(4,5)6)21(28)15-7-8-17(13-26)18(11-15)14-27/h7-14H,1-6H3. The van der Waals surface area contributed by atoms with E-state index in [9.17, 15) is 24.0 Å². The number of ketones is 1. The van der Waals surface area contributed by atoms with Crippen LogP contribution in [0.15, 0.2) is 36.4 Å². The van der Waals surface area contributed by atoms with E-state index in [1.807, 2.05) is 0 Å². The molecule has 2 aromatic carbocycles. The average Bonchev–Trinajstić information content (AvgIpc) is 2.78. The molecule has 0 bridgehead atoms. The smallest absolute Gasteiger partial charge is 0.298 e. The maximum atomic E-state index is 13.0. The van der Waals surface area contributed by atoms with Crippen LogP contribution in [0.3, 0.4) is 0 Å². The maximum Gasteiger partial charge on any atom is 0.374 e. The van der Waals surface area contributed by atoms with Gasteiger partial charge in [0.1, 0.15) is 11.2 Å². The fourth-order valence-electron chi connectivity index (χ4n) is 2.54. The first-order chi connectivity index (χ1) is 15.8. The van der Waals surface area contributed by atoms with Crippen molar-refractivity contribution in [2.75, 3.05) is 0 Å². The Labute approximate surface area is 196 Å². The minimum absolute atomic E-state index is 0.0201. The van der Waals surface area contributed by atoms with Crippen LogP contribution in [0.25, 0.3) is 0 Å². The van der Waals surface area contributed by atoms with Crippen molar-refractivity contribution >= 4 is 30.3 Å². The SMILES string of the molecule is CC(C)(C)OOC(=O)c1ccc(C(=O)c2ccc(C=O)c(C=O)c2)cc1C(=O)OOC(C)(C)C. The molecule has 0 saturated heterocycles. The van der Waals surface area contributed by atoms with Crippen molar-refractivity contribution in [3.8, 4) is 0 Å². The third-order valence-electron chi connectivity index (χ3n) is 4.06. The lowest BCUT2D eigenvalue weighted by molar-refractivity contribution is -0.302. The summed E-state index contributed by atoms with van der Waals surface area (Å²) in [6.45, 7) is 9.95. The second kappa shape index (κ2) is 10.5. The number of carbonyl (C=O) groups is 5. The van der Waals surface area contributed by atoms with Gasteiger partial charge in [0.25, 0.3) is 0 Å². The van der Waals surface area contributed by atoms with E-state index in [0.717, 1.165) is 6.07 Å². The molecule has 0 spiro atoms. The maximum absolute atomic E-state index is 13.0. The Bertz CT molecular complexity index is 1120. The lowest BCUT2D eigenvalue weighted by Crippen LogP contribution is -2.25. The van der Waals surface area contributed by atoms with E-state index in [2.05, 4.69) is 0 Å². The molecule has 0 atom stereocenters. The second-order valence-corrected chi connectivity index (χ2v) is 9.30. The number of hydrogen-bond donors (Lipinski definition) is 0. The molecule has 0 aliphatic rings. The first-order valence-electron chi connectivity index (χ1n) is 10.3. The second-order valence-electron chi connectivity index (χ2n) is 9.30. The highest BCUT2D eigenvalue weighted by Gasteiger charge is 2.26. The minimum atomic E-state index is -1.03. The fraction of sp³-hybridized carbons (Fsp3) is 0.320. The summed E-state index contributed by atoms with van der Waals surface area (Å²) in [6.07, 6.45) is 0.961. The number of rotatable bonds is 8. The van der Waals surface area contributed by atoms with Crippen molar-refractivity contribution in [1.82, 2.24) is 0 Å². The van der Waals surface area contributed by atoms with Crippen molar-refractivity contribution in [3.63, 3.8) is 0 Å². The van der Waals surface area contributed by atoms with Gasteiger partial charge in [0.2, 0.25) is 0 Å². The number of carbonyl (C=O) groups excluding carboxylic acids is 5. The molecule has 34 heavy (non-hydrogen) atoms. The Morgan fingerprint density at radius 3 is 1.62 bits per heavy atom. The van der Waals surface area contributed by atoms with Crippen molar-refractivity contribution in [1.29, 1.82) is 0 Å². The van der Waals surface area contributed by atoms with Crippen molar-refractivity contribution < 1.29 is 43.5 Å². The van der Waals surface area contributed by atoms with Gasteiger partial charge in [-0.2, -0.15) is 9.78 Å². The third-order valence-corrected chi connectivity index (χ3v) is 4.06. The summed E-state index contributed by atoms with van der Waals surface area (Å²) in [4.78, 5) is 80.3. The van der Waals surface area contributed by atoms with Gasteiger partial charge in [0.05, 0.1) is 11.1 Å². The molecule has 0 aliphatic heterocycles. The van der Waals surface area contributed by atoms with Gasteiger partial charge in [-0.1, -0.05) is 18.2 Å². The largest absolute Gasteiger partial charge is 0.374 e. The van der Waals surface area contributed by atoms with E-state index in [1.165, 1.54) is 30.3 Å². The van der Waals surface area contributed by atoms with Crippen molar-refractivity contribution in [2.24, 2.45) is 0 Å². The normalized spacial score (nSPS) is 11.5. The molecule has 2 rings (SSSR count). The molecule has 2 aromatic rings. The fourth-order valence-corrected chi connectivity index (χ4v) is 2.54. The molecule has 0 amide bonds. The van der Waals surface area contributed by atoms with Gasteiger partial charge in [-0.3, -0.25) is 24.2 Å². The molecule has 0 aromatic heterocycles. The number of benzene rings is 2. The lowest BCUT2D eigenvalue weighted by Gasteiger charge is -2.18. The van der Waals surface area contributed by atoms with Gasteiger partial charge >= 0.3 is 11.9 Å². The van der Waals surface area contributed by atoms with Crippen LogP contribution in [0.1, 0.15) is 98.9 Å². The van der Waals surface area contributed by atoms with E-state index >= 15 is 0 Å². The van der Waals surface area contributed by atoms with Gasteiger partial charge in [-0.15, -0.1) is 0 Å². The summed E-state index contributed by atoms with van der Waals surface area (Å²) < 4.78 is 0. The van der Waals surface area contributed by atoms with Crippen LogP contribution in [0.5, 0.6) is 0 Å². The summed E-state index contributed by atoms with van der Waals surface area (Å²) >= 11 is 0. The van der Waals surface area contributed by atoms with Crippen LogP contribution in [0, 0.1) is 0 Å². The van der Waals surface area contributed by atoms with Gasteiger partial charge in [0, 0.05) is 22.3 Å². The molecular weight excluding hydrogens is 444 g/mol. The molecule has 9 nitrogen and oxygen atoms in total. The van der Waals surface area contributed by atoms with Gasteiger partial charge < -0.3 is 0 Å². The zero-order valence-electron chi connectivity index (χ0n) is 19.8. The monoisotopic (exact) mass is 470 g/mol. The first kappa shape index (κ1) is 26.6. The lowest BCUT2D eigenvalue weighted by atomic mass is 9.96. The topological polar surface area (TPSA) is 122 Å². The molecule has 0 radical (unpaired) electrons. The summed E-state index contributed by atoms with van der Waals surface area (Å²) in [5.74, 6) is -2.57. The van der Waals surface area contributed by atoms with Crippen LogP contribution in [0.2, 0.25) is 0 Å². The zero-order chi connectivity index (χ0) is 25.7. The van der Waals surface area contributed by atoms with E-state index in [0.29, 0.717) is 12.6 Å². The van der Waals surface area contributed by atoms with E-state index in [-0.39, 0.29) is 33.4 Å². The van der Waals surface area contributed by atoms with Crippen LogP contribution in [0.4, 0.5) is 0 Å². The number of hydrogen-bond acceptors (Lipinski definition) is 9. The Hall–Kier alpha value is -3.69. The molecule has 9 heteroatoms. The van der Waals surface area contributed by atoms with Crippen LogP contribution in [-0.4, -0.2) is 41.5 Å². The van der Waals surface area contributed by atoms with Crippen molar-refractivity contribution in [2.45, 2.75) is 52.7 Å². The van der Waals surface area contributed by atoms with E-state index in [1.54, 1.807) is 41.5 Å². The zero-order valence-corrected chi connectivity index (χ0v) is 19.8. The molecule has 0 heterocycles. The summed E-state index contributed by atoms with van der Waals surface area (Å²) in [6, 6.07) is 7.66. The van der Waals surface area contributed by atoms with Gasteiger partial charge in [0.15, 0.2) is 18.4 Å². The molecule has 0 aliphatic carbocycles. The summed E-state index contributed by atoms with van der Waals surface area (Å²) in [5.41, 5.74) is -1.84. The Kier molecular flexibility index (Phi) is 8.20. The number of aldehydes is 2. The van der Waals surface area contributed by atoms with Crippen LogP contribution in [-0.2, 0) is 19.6 Å². The van der Waals surface area contributed by atoms with Gasteiger partial charge in [-0.05, 0) is 59.7 Å². The molecule has 0 N–H and O–H groups in total. The third kappa shape index (κ3) is 7.16. The van der Waals surface area contributed by atoms with Crippen LogP contribution >= 0.6 is 0 Å². The first-order valence-corrected chi connectivity index (χ1v) is 10.3. The van der Waals surface area contributed by atoms with Gasteiger partial charge in [-0.25, -0.2) is 9.59 Å². The highest BCUT2D eigenvalue weighted by atomic mass is 17.2. The molecule has 180 valence electrons. The minimum Gasteiger partial charge on any atom is -0.298 e. The Balaban J connectivity index is 2.47. The van der Waals surface area contributed by atoms with E-state index < -0.39 is 28.9 Å². The molecular formula is C25H26O9. The predicted molar refractivity (Wildman–Crippen MR) is 120 cm³/mol. The highest BCUT2D eigenvalue weighted by Crippen LogP contribution is 2.21.